The zero-order valence-corrected chi connectivity index (χ0v) is 9.15. The zero-order chi connectivity index (χ0) is 10.0. The molecule has 0 radical (unpaired) electrons. The Labute approximate surface area is 93.3 Å². The largest absolute Gasteiger partial charge is 0.391 e. The summed E-state index contributed by atoms with van der Waals surface area (Å²) in [4.78, 5) is 0. The molecule has 0 saturated heterocycles. The molecule has 0 aliphatic carbocycles. The number of benzene rings is 1. The van der Waals surface area contributed by atoms with E-state index in [4.69, 9.17) is 17.3 Å². The molecule has 0 amide bonds. The van der Waals surface area contributed by atoms with Crippen LogP contribution in [0.3, 0.4) is 0 Å². The SMILES string of the molecule is C[C@H](O)[C@@H](N)c1ccc(F)c(Cl)c1.Cl. The number of halogens is 3. The fourth-order valence-corrected chi connectivity index (χ4v) is 1.19. The lowest BCUT2D eigenvalue weighted by Gasteiger charge is -2.15. The molecular weight excluding hydrogens is 228 g/mol. The van der Waals surface area contributed by atoms with Crippen molar-refractivity contribution in [3.63, 3.8) is 0 Å². The molecular formula is C9H12Cl2FNO. The Hall–Kier alpha value is -0.350. The van der Waals surface area contributed by atoms with Gasteiger partial charge in [0.15, 0.2) is 0 Å². The lowest BCUT2D eigenvalue weighted by Crippen LogP contribution is -2.23. The van der Waals surface area contributed by atoms with Crippen molar-refractivity contribution in [3.05, 3.63) is 34.6 Å². The molecule has 2 nitrogen and oxygen atoms in total. The molecule has 14 heavy (non-hydrogen) atoms. The van der Waals surface area contributed by atoms with Gasteiger partial charge in [-0.3, -0.25) is 0 Å². The van der Waals surface area contributed by atoms with E-state index < -0.39 is 18.0 Å². The molecule has 0 bridgehead atoms. The summed E-state index contributed by atoms with van der Waals surface area (Å²) in [6.45, 7) is 1.57. The Morgan fingerprint density at radius 1 is 1.50 bits per heavy atom. The molecule has 0 aliphatic rings. The number of hydrogen-bond acceptors (Lipinski definition) is 2. The first kappa shape index (κ1) is 13.7. The fourth-order valence-electron chi connectivity index (χ4n) is 0.998. The molecule has 80 valence electrons. The first-order valence-corrected chi connectivity index (χ1v) is 4.28. The topological polar surface area (TPSA) is 46.2 Å². The lowest BCUT2D eigenvalue weighted by molar-refractivity contribution is 0.164. The number of hydrogen-bond donors (Lipinski definition) is 2. The summed E-state index contributed by atoms with van der Waals surface area (Å²) in [6, 6.07) is 3.64. The predicted octanol–water partition coefficient (Wildman–Crippen LogP) is 2.28. The quantitative estimate of drug-likeness (QED) is 0.832. The highest BCUT2D eigenvalue weighted by Gasteiger charge is 2.13. The Kier molecular flexibility index (Phi) is 5.37. The van der Waals surface area contributed by atoms with Crippen molar-refractivity contribution in [2.45, 2.75) is 19.1 Å². The van der Waals surface area contributed by atoms with Crippen LogP contribution < -0.4 is 5.73 Å². The molecule has 1 aromatic carbocycles. The summed E-state index contributed by atoms with van der Waals surface area (Å²) in [5, 5.41) is 9.19. The molecule has 0 saturated carbocycles. The van der Waals surface area contributed by atoms with E-state index >= 15 is 0 Å². The van der Waals surface area contributed by atoms with Gasteiger partial charge in [-0.05, 0) is 24.6 Å². The van der Waals surface area contributed by atoms with Crippen molar-refractivity contribution in [2.24, 2.45) is 5.73 Å². The summed E-state index contributed by atoms with van der Waals surface area (Å²) in [5.41, 5.74) is 6.25. The van der Waals surface area contributed by atoms with Gasteiger partial charge in [-0.2, -0.15) is 0 Å². The predicted molar refractivity (Wildman–Crippen MR) is 57.3 cm³/mol. The van der Waals surface area contributed by atoms with Gasteiger partial charge in [0.1, 0.15) is 5.82 Å². The van der Waals surface area contributed by atoms with Gasteiger partial charge in [0.25, 0.3) is 0 Å². The number of nitrogens with two attached hydrogens (primary N) is 1. The Morgan fingerprint density at radius 3 is 2.50 bits per heavy atom. The van der Waals surface area contributed by atoms with Gasteiger partial charge in [-0.15, -0.1) is 12.4 Å². The molecule has 1 rings (SSSR count). The van der Waals surface area contributed by atoms with E-state index in [1.54, 1.807) is 6.92 Å². The van der Waals surface area contributed by atoms with Crippen LogP contribution in [0.5, 0.6) is 0 Å². The average molecular weight is 240 g/mol. The van der Waals surface area contributed by atoms with Crippen molar-refractivity contribution >= 4 is 24.0 Å². The summed E-state index contributed by atoms with van der Waals surface area (Å²) in [6.07, 6.45) is -0.679. The minimum atomic E-state index is -0.679. The summed E-state index contributed by atoms with van der Waals surface area (Å²) in [7, 11) is 0. The monoisotopic (exact) mass is 239 g/mol. The summed E-state index contributed by atoms with van der Waals surface area (Å²) in [5.74, 6) is -0.483. The smallest absolute Gasteiger partial charge is 0.141 e. The molecule has 2 atom stereocenters. The van der Waals surface area contributed by atoms with Crippen LogP contribution in [0.2, 0.25) is 5.02 Å². The van der Waals surface area contributed by atoms with E-state index in [2.05, 4.69) is 0 Å². The Bertz CT molecular complexity index is 307. The highest BCUT2D eigenvalue weighted by atomic mass is 35.5. The van der Waals surface area contributed by atoms with Gasteiger partial charge in [0.2, 0.25) is 0 Å². The van der Waals surface area contributed by atoms with Gasteiger partial charge in [0, 0.05) is 0 Å². The van der Waals surface area contributed by atoms with E-state index in [0.29, 0.717) is 5.56 Å². The van der Waals surface area contributed by atoms with Gasteiger partial charge in [-0.1, -0.05) is 17.7 Å². The van der Waals surface area contributed by atoms with Crippen LogP contribution in [0.1, 0.15) is 18.5 Å². The first-order valence-electron chi connectivity index (χ1n) is 3.91. The van der Waals surface area contributed by atoms with Gasteiger partial charge in [-0.25, -0.2) is 4.39 Å². The van der Waals surface area contributed by atoms with Crippen molar-refractivity contribution in [1.82, 2.24) is 0 Å². The molecule has 0 fully saturated rings. The van der Waals surface area contributed by atoms with Crippen LogP contribution in [-0.2, 0) is 0 Å². The molecule has 0 unspecified atom stereocenters. The molecule has 0 spiro atoms. The summed E-state index contributed by atoms with van der Waals surface area (Å²) >= 11 is 5.55. The average Bonchev–Trinajstić information content (AvgIpc) is 2.08. The lowest BCUT2D eigenvalue weighted by atomic mass is 10.0. The molecule has 0 heterocycles. The minimum absolute atomic E-state index is 0. The zero-order valence-electron chi connectivity index (χ0n) is 7.58. The Morgan fingerprint density at radius 2 is 2.07 bits per heavy atom. The minimum Gasteiger partial charge on any atom is -0.391 e. The van der Waals surface area contributed by atoms with E-state index in [1.165, 1.54) is 18.2 Å². The third kappa shape index (κ3) is 3.10. The molecule has 3 N–H and O–H groups in total. The highest BCUT2D eigenvalue weighted by Crippen LogP contribution is 2.21. The van der Waals surface area contributed by atoms with Crippen LogP contribution in [0.15, 0.2) is 18.2 Å². The van der Waals surface area contributed by atoms with E-state index in [-0.39, 0.29) is 17.4 Å². The third-order valence-corrected chi connectivity index (χ3v) is 2.14. The number of aliphatic hydroxyl groups excluding tert-OH is 1. The highest BCUT2D eigenvalue weighted by molar-refractivity contribution is 6.30. The summed E-state index contributed by atoms with van der Waals surface area (Å²) < 4.78 is 12.7. The van der Waals surface area contributed by atoms with Crippen LogP contribution in [0, 0.1) is 5.82 Å². The van der Waals surface area contributed by atoms with Gasteiger partial charge in [0.05, 0.1) is 17.2 Å². The molecule has 5 heteroatoms. The van der Waals surface area contributed by atoms with Crippen LogP contribution in [0.25, 0.3) is 0 Å². The second kappa shape index (κ2) is 5.51. The standard InChI is InChI=1S/C9H11ClFNO.ClH/c1-5(13)9(12)6-2-3-8(11)7(10)4-6;/h2-5,9,13H,12H2,1H3;1H/t5-,9+;/m0./s1. The van der Waals surface area contributed by atoms with Crippen LogP contribution in [-0.4, -0.2) is 11.2 Å². The third-order valence-electron chi connectivity index (χ3n) is 1.85. The van der Waals surface area contributed by atoms with Crippen LogP contribution >= 0.6 is 24.0 Å². The van der Waals surface area contributed by atoms with Crippen molar-refractivity contribution in [3.8, 4) is 0 Å². The maximum absolute atomic E-state index is 12.7. The first-order chi connectivity index (χ1) is 6.02. The van der Waals surface area contributed by atoms with Gasteiger partial charge < -0.3 is 10.8 Å². The van der Waals surface area contributed by atoms with Crippen molar-refractivity contribution < 1.29 is 9.50 Å². The van der Waals surface area contributed by atoms with Gasteiger partial charge >= 0.3 is 0 Å². The number of aliphatic hydroxyl groups is 1. The second-order valence-corrected chi connectivity index (χ2v) is 3.35. The molecule has 0 aromatic heterocycles. The van der Waals surface area contributed by atoms with Crippen molar-refractivity contribution in [2.75, 3.05) is 0 Å². The van der Waals surface area contributed by atoms with Crippen LogP contribution in [0.4, 0.5) is 4.39 Å². The van der Waals surface area contributed by atoms with E-state index in [9.17, 15) is 9.50 Å². The molecule has 0 aliphatic heterocycles. The maximum atomic E-state index is 12.7. The van der Waals surface area contributed by atoms with Crippen molar-refractivity contribution in [1.29, 1.82) is 0 Å². The second-order valence-electron chi connectivity index (χ2n) is 2.94. The fraction of sp³-hybridized carbons (Fsp3) is 0.333. The molecule has 1 aromatic rings. The normalized spacial score (nSPS) is 14.4. The number of rotatable bonds is 2. The van der Waals surface area contributed by atoms with E-state index in [1.807, 2.05) is 0 Å². The van der Waals surface area contributed by atoms with E-state index in [0.717, 1.165) is 0 Å². The Balaban J connectivity index is 0.00000169. The maximum Gasteiger partial charge on any atom is 0.141 e.